The molecule has 1 rings (SSSR count). The van der Waals surface area contributed by atoms with E-state index in [1.807, 2.05) is 19.9 Å². The first-order valence-electron chi connectivity index (χ1n) is 6.72. The largest absolute Gasteiger partial charge is 0.392 e. The Bertz CT molecular complexity index is 236. The van der Waals surface area contributed by atoms with Gasteiger partial charge in [0, 0.05) is 0 Å². The maximum absolute atomic E-state index is 8.81. The quantitative estimate of drug-likeness (QED) is 0.551. The summed E-state index contributed by atoms with van der Waals surface area (Å²) in [5.74, 6) is -0.500. The second-order valence-electron chi connectivity index (χ2n) is 5.10. The minimum absolute atomic E-state index is 0.0150. The van der Waals surface area contributed by atoms with Gasteiger partial charge in [-0.2, -0.15) is 0 Å². The van der Waals surface area contributed by atoms with E-state index in [4.69, 9.17) is 14.6 Å². The Morgan fingerprint density at radius 3 is 2.59 bits per heavy atom. The molecule has 1 aliphatic heterocycles. The maximum Gasteiger partial charge on any atom is 0.164 e. The number of aliphatic hydroxyl groups excluding tert-OH is 1. The van der Waals surface area contributed by atoms with Crippen molar-refractivity contribution in [3.63, 3.8) is 0 Å². The molecule has 0 unspecified atom stereocenters. The average Bonchev–Trinajstić information content (AvgIpc) is 2.57. The van der Waals surface area contributed by atoms with Gasteiger partial charge in [0.05, 0.1) is 12.7 Å². The summed E-state index contributed by atoms with van der Waals surface area (Å²) in [5.41, 5.74) is 0. The third kappa shape index (κ3) is 5.19. The monoisotopic (exact) mass is 242 g/mol. The second kappa shape index (κ2) is 7.14. The van der Waals surface area contributed by atoms with E-state index in [9.17, 15) is 0 Å². The highest BCUT2D eigenvalue weighted by molar-refractivity contribution is 4.97. The average molecular weight is 242 g/mol. The standard InChI is InChI=1S/C14H26O3/c1-4-5-6-7-9-12-13(10-8-11-15)17-14(2,3)16-12/h8,10,12-13,15H,4-7,9,11H2,1-3H3/b10-8+/t12-,13-/m1/s1. The van der Waals surface area contributed by atoms with Gasteiger partial charge in [-0.15, -0.1) is 0 Å². The molecule has 0 aliphatic carbocycles. The Kier molecular flexibility index (Phi) is 6.17. The lowest BCUT2D eigenvalue weighted by molar-refractivity contribution is -0.143. The minimum atomic E-state index is -0.500. The Morgan fingerprint density at radius 2 is 1.94 bits per heavy atom. The Balaban J connectivity index is 2.40. The van der Waals surface area contributed by atoms with Crippen LogP contribution in [0.4, 0.5) is 0 Å². The van der Waals surface area contributed by atoms with Gasteiger partial charge in [-0.25, -0.2) is 0 Å². The van der Waals surface area contributed by atoms with Crippen LogP contribution in [0.25, 0.3) is 0 Å². The Labute approximate surface area is 105 Å². The molecule has 1 saturated heterocycles. The van der Waals surface area contributed by atoms with Gasteiger partial charge in [-0.3, -0.25) is 0 Å². The molecule has 2 atom stereocenters. The summed E-state index contributed by atoms with van der Waals surface area (Å²) in [6, 6.07) is 0. The summed E-state index contributed by atoms with van der Waals surface area (Å²) in [7, 11) is 0. The van der Waals surface area contributed by atoms with Crippen LogP contribution < -0.4 is 0 Å². The Hall–Kier alpha value is -0.380. The molecule has 3 nitrogen and oxygen atoms in total. The van der Waals surface area contributed by atoms with E-state index < -0.39 is 5.79 Å². The van der Waals surface area contributed by atoms with Crippen LogP contribution in [0.5, 0.6) is 0 Å². The van der Waals surface area contributed by atoms with Crippen LogP contribution >= 0.6 is 0 Å². The zero-order valence-corrected chi connectivity index (χ0v) is 11.3. The number of aliphatic hydroxyl groups is 1. The zero-order valence-electron chi connectivity index (χ0n) is 11.3. The van der Waals surface area contributed by atoms with Crippen molar-refractivity contribution in [1.82, 2.24) is 0 Å². The van der Waals surface area contributed by atoms with Crippen molar-refractivity contribution < 1.29 is 14.6 Å². The fraction of sp³-hybridized carbons (Fsp3) is 0.857. The van der Waals surface area contributed by atoms with Gasteiger partial charge in [-0.1, -0.05) is 44.8 Å². The first-order valence-corrected chi connectivity index (χ1v) is 6.72. The van der Waals surface area contributed by atoms with Crippen LogP contribution in [0.1, 0.15) is 52.9 Å². The summed E-state index contributed by atoms with van der Waals surface area (Å²) in [6.45, 7) is 6.16. The van der Waals surface area contributed by atoms with E-state index in [0.717, 1.165) is 6.42 Å². The summed E-state index contributed by atoms with van der Waals surface area (Å²) < 4.78 is 11.7. The van der Waals surface area contributed by atoms with E-state index in [1.54, 1.807) is 6.08 Å². The number of rotatable bonds is 7. The molecule has 1 heterocycles. The maximum atomic E-state index is 8.81. The van der Waals surface area contributed by atoms with Crippen molar-refractivity contribution in [3.05, 3.63) is 12.2 Å². The number of unbranched alkanes of at least 4 members (excludes halogenated alkanes) is 3. The molecule has 0 amide bonds. The molecule has 0 aromatic carbocycles. The van der Waals surface area contributed by atoms with Crippen molar-refractivity contribution in [2.75, 3.05) is 6.61 Å². The summed E-state index contributed by atoms with van der Waals surface area (Å²) in [5, 5.41) is 8.81. The summed E-state index contributed by atoms with van der Waals surface area (Å²) >= 11 is 0. The molecule has 100 valence electrons. The van der Waals surface area contributed by atoms with Crippen molar-refractivity contribution in [2.45, 2.75) is 70.9 Å². The summed E-state index contributed by atoms with van der Waals surface area (Å²) in [6.07, 6.45) is 9.77. The molecule has 0 saturated carbocycles. The number of hydrogen-bond donors (Lipinski definition) is 1. The zero-order chi connectivity index (χ0) is 12.7. The SMILES string of the molecule is CCCCCC[C@H]1OC(C)(C)O[C@@H]1/C=C/CO. The molecule has 1 fully saturated rings. The van der Waals surface area contributed by atoms with E-state index in [0.29, 0.717) is 0 Å². The van der Waals surface area contributed by atoms with Crippen LogP contribution in [-0.4, -0.2) is 29.7 Å². The van der Waals surface area contributed by atoms with E-state index in [-0.39, 0.29) is 18.8 Å². The molecule has 0 spiro atoms. The molecule has 0 radical (unpaired) electrons. The highest BCUT2D eigenvalue weighted by Crippen LogP contribution is 2.31. The molecule has 1 aliphatic rings. The van der Waals surface area contributed by atoms with Crippen LogP contribution in [0, 0.1) is 0 Å². The van der Waals surface area contributed by atoms with E-state index in [2.05, 4.69) is 6.92 Å². The Morgan fingerprint density at radius 1 is 1.18 bits per heavy atom. The first kappa shape index (κ1) is 14.7. The van der Waals surface area contributed by atoms with Gasteiger partial charge in [0.1, 0.15) is 6.10 Å². The first-order chi connectivity index (χ1) is 8.09. The molecular weight excluding hydrogens is 216 g/mol. The van der Waals surface area contributed by atoms with Gasteiger partial charge in [0.15, 0.2) is 5.79 Å². The van der Waals surface area contributed by atoms with Gasteiger partial charge < -0.3 is 14.6 Å². The van der Waals surface area contributed by atoms with Crippen LogP contribution in [0.3, 0.4) is 0 Å². The molecule has 0 aromatic heterocycles. The predicted octanol–water partition coefficient (Wildman–Crippen LogP) is 3.03. The fourth-order valence-corrected chi connectivity index (χ4v) is 2.22. The molecule has 0 aromatic rings. The van der Waals surface area contributed by atoms with Gasteiger partial charge in [0.2, 0.25) is 0 Å². The summed E-state index contributed by atoms with van der Waals surface area (Å²) in [4.78, 5) is 0. The highest BCUT2D eigenvalue weighted by atomic mass is 16.7. The molecule has 0 bridgehead atoms. The van der Waals surface area contributed by atoms with Gasteiger partial charge in [0.25, 0.3) is 0 Å². The van der Waals surface area contributed by atoms with Crippen LogP contribution in [-0.2, 0) is 9.47 Å². The smallest absolute Gasteiger partial charge is 0.164 e. The number of hydrogen-bond acceptors (Lipinski definition) is 3. The lowest BCUT2D eigenvalue weighted by atomic mass is 10.0. The second-order valence-corrected chi connectivity index (χ2v) is 5.10. The third-order valence-corrected chi connectivity index (χ3v) is 2.99. The molecule has 3 heteroatoms. The van der Waals surface area contributed by atoms with Crippen molar-refractivity contribution in [2.24, 2.45) is 0 Å². The predicted molar refractivity (Wildman–Crippen MR) is 68.8 cm³/mol. The lowest BCUT2D eigenvalue weighted by Gasteiger charge is -2.16. The van der Waals surface area contributed by atoms with Crippen molar-refractivity contribution in [3.8, 4) is 0 Å². The fourth-order valence-electron chi connectivity index (χ4n) is 2.22. The molecule has 17 heavy (non-hydrogen) atoms. The molecule has 1 N–H and O–H groups in total. The lowest BCUT2D eigenvalue weighted by Crippen LogP contribution is -2.21. The third-order valence-electron chi connectivity index (χ3n) is 2.99. The van der Waals surface area contributed by atoms with Crippen LogP contribution in [0.15, 0.2) is 12.2 Å². The topological polar surface area (TPSA) is 38.7 Å². The highest BCUT2D eigenvalue weighted by Gasteiger charge is 2.39. The van der Waals surface area contributed by atoms with Crippen LogP contribution in [0.2, 0.25) is 0 Å². The van der Waals surface area contributed by atoms with Crippen molar-refractivity contribution in [1.29, 1.82) is 0 Å². The number of ether oxygens (including phenoxy) is 2. The van der Waals surface area contributed by atoms with E-state index >= 15 is 0 Å². The van der Waals surface area contributed by atoms with Crippen molar-refractivity contribution >= 4 is 0 Å². The minimum Gasteiger partial charge on any atom is -0.392 e. The van der Waals surface area contributed by atoms with E-state index in [1.165, 1.54) is 25.7 Å². The molecular formula is C14H26O3. The normalized spacial score (nSPS) is 28.0. The van der Waals surface area contributed by atoms with Gasteiger partial charge >= 0.3 is 0 Å². The van der Waals surface area contributed by atoms with Gasteiger partial charge in [-0.05, 0) is 20.3 Å².